The van der Waals surface area contributed by atoms with Crippen molar-refractivity contribution in [2.24, 2.45) is 0 Å². The third-order valence-electron chi connectivity index (χ3n) is 2.80. The first-order chi connectivity index (χ1) is 9.91. The Kier molecular flexibility index (Phi) is 4.89. The van der Waals surface area contributed by atoms with Crippen molar-refractivity contribution in [3.8, 4) is 10.6 Å². The van der Waals surface area contributed by atoms with E-state index >= 15 is 0 Å². The highest BCUT2D eigenvalue weighted by molar-refractivity contribution is 7.14. The molecule has 0 saturated heterocycles. The van der Waals surface area contributed by atoms with Gasteiger partial charge in [0.1, 0.15) is 15.8 Å². The van der Waals surface area contributed by atoms with Crippen molar-refractivity contribution in [1.29, 1.82) is 0 Å². The first-order valence-corrected chi connectivity index (χ1v) is 7.07. The first kappa shape index (κ1) is 15.8. The van der Waals surface area contributed by atoms with Gasteiger partial charge in [-0.2, -0.15) is 13.2 Å². The lowest BCUT2D eigenvalue weighted by molar-refractivity contribution is -0.139. The Morgan fingerprint density at radius 3 is 2.67 bits per heavy atom. The lowest BCUT2D eigenvalue weighted by atomic mass is 10.1. The Balaban J connectivity index is 2.22. The highest BCUT2D eigenvalue weighted by Gasteiger charge is 2.34. The number of halogens is 4. The average Bonchev–Trinajstić information content (AvgIpc) is 2.87. The SMILES string of the molecule is CNCCCc1nnc(-c2ccc(F)c(C(F)(F)F)c2)s1. The molecule has 1 aromatic carbocycles. The summed E-state index contributed by atoms with van der Waals surface area (Å²) in [7, 11) is 1.84. The van der Waals surface area contributed by atoms with Crippen LogP contribution in [0.25, 0.3) is 10.6 Å². The molecule has 0 spiro atoms. The molecule has 0 fully saturated rings. The van der Waals surface area contributed by atoms with E-state index in [0.717, 1.165) is 30.1 Å². The van der Waals surface area contributed by atoms with Gasteiger partial charge in [-0.3, -0.25) is 0 Å². The predicted molar refractivity (Wildman–Crippen MR) is 72.6 cm³/mol. The van der Waals surface area contributed by atoms with Gasteiger partial charge in [-0.1, -0.05) is 11.3 Å². The summed E-state index contributed by atoms with van der Waals surface area (Å²) in [6, 6.07) is 2.86. The second-order valence-corrected chi connectivity index (χ2v) is 5.46. The normalized spacial score (nSPS) is 11.9. The number of aryl methyl sites for hydroxylation is 1. The van der Waals surface area contributed by atoms with E-state index in [1.807, 2.05) is 7.05 Å². The number of benzene rings is 1. The second-order valence-electron chi connectivity index (χ2n) is 4.40. The molecule has 0 aliphatic rings. The highest BCUT2D eigenvalue weighted by atomic mass is 32.1. The molecule has 2 aromatic rings. The van der Waals surface area contributed by atoms with Gasteiger partial charge in [-0.15, -0.1) is 10.2 Å². The molecule has 0 aliphatic heterocycles. The maximum absolute atomic E-state index is 13.2. The molecule has 1 aromatic heterocycles. The monoisotopic (exact) mass is 319 g/mol. The Labute approximate surface area is 123 Å². The van der Waals surface area contributed by atoms with Crippen molar-refractivity contribution in [1.82, 2.24) is 15.5 Å². The van der Waals surface area contributed by atoms with Crippen LogP contribution in [0.15, 0.2) is 18.2 Å². The van der Waals surface area contributed by atoms with Crippen LogP contribution in [-0.4, -0.2) is 23.8 Å². The summed E-state index contributed by atoms with van der Waals surface area (Å²) in [5, 5.41) is 11.9. The molecule has 3 nitrogen and oxygen atoms in total. The van der Waals surface area contributed by atoms with Crippen molar-refractivity contribution in [2.45, 2.75) is 19.0 Å². The number of nitrogens with one attached hydrogen (secondary N) is 1. The van der Waals surface area contributed by atoms with E-state index in [1.165, 1.54) is 17.4 Å². The minimum atomic E-state index is -4.72. The van der Waals surface area contributed by atoms with Gasteiger partial charge in [0.15, 0.2) is 0 Å². The number of alkyl halides is 3. The zero-order chi connectivity index (χ0) is 15.5. The van der Waals surface area contributed by atoms with Gasteiger partial charge in [-0.05, 0) is 38.2 Å². The Bertz CT molecular complexity index is 610. The number of rotatable bonds is 5. The van der Waals surface area contributed by atoms with Crippen molar-refractivity contribution in [2.75, 3.05) is 13.6 Å². The van der Waals surface area contributed by atoms with Gasteiger partial charge in [0, 0.05) is 12.0 Å². The molecular formula is C13H13F4N3S. The number of nitrogens with zero attached hydrogens (tertiary/aromatic N) is 2. The fraction of sp³-hybridized carbons (Fsp3) is 0.385. The molecule has 0 unspecified atom stereocenters. The summed E-state index contributed by atoms with van der Waals surface area (Å²) in [4.78, 5) is 0. The van der Waals surface area contributed by atoms with Gasteiger partial charge < -0.3 is 5.32 Å². The van der Waals surface area contributed by atoms with Crippen LogP contribution in [0.2, 0.25) is 0 Å². The van der Waals surface area contributed by atoms with Crippen molar-refractivity contribution < 1.29 is 17.6 Å². The van der Waals surface area contributed by atoms with Gasteiger partial charge in [0.05, 0.1) is 5.56 Å². The van der Waals surface area contributed by atoms with E-state index in [2.05, 4.69) is 15.5 Å². The summed E-state index contributed by atoms with van der Waals surface area (Å²) < 4.78 is 51.3. The lowest BCUT2D eigenvalue weighted by Gasteiger charge is -2.08. The van der Waals surface area contributed by atoms with Crippen LogP contribution < -0.4 is 5.32 Å². The zero-order valence-electron chi connectivity index (χ0n) is 11.2. The molecule has 0 aliphatic carbocycles. The van der Waals surface area contributed by atoms with E-state index in [1.54, 1.807) is 0 Å². The molecule has 21 heavy (non-hydrogen) atoms. The second kappa shape index (κ2) is 6.48. The summed E-state index contributed by atoms with van der Waals surface area (Å²) in [6.45, 7) is 0.823. The molecule has 0 radical (unpaired) electrons. The Morgan fingerprint density at radius 2 is 2.00 bits per heavy atom. The Morgan fingerprint density at radius 1 is 1.24 bits per heavy atom. The molecule has 0 saturated carbocycles. The van der Waals surface area contributed by atoms with Crippen LogP contribution >= 0.6 is 11.3 Å². The summed E-state index contributed by atoms with van der Waals surface area (Å²) in [5.74, 6) is -1.29. The largest absolute Gasteiger partial charge is 0.419 e. The maximum Gasteiger partial charge on any atom is 0.419 e. The smallest absolute Gasteiger partial charge is 0.320 e. The molecular weight excluding hydrogens is 306 g/mol. The summed E-state index contributed by atoms with van der Waals surface area (Å²) >= 11 is 1.22. The van der Waals surface area contributed by atoms with Gasteiger partial charge in [0.25, 0.3) is 0 Å². The molecule has 1 N–H and O–H groups in total. The van der Waals surface area contributed by atoms with Crippen molar-refractivity contribution in [3.63, 3.8) is 0 Å². The van der Waals surface area contributed by atoms with Crippen LogP contribution in [0.1, 0.15) is 17.0 Å². The predicted octanol–water partition coefficient (Wildman–Crippen LogP) is 3.52. The lowest BCUT2D eigenvalue weighted by Crippen LogP contribution is -2.08. The molecule has 0 atom stereocenters. The third-order valence-corrected chi connectivity index (χ3v) is 3.84. The molecule has 114 valence electrons. The van der Waals surface area contributed by atoms with Crippen LogP contribution in [-0.2, 0) is 12.6 Å². The first-order valence-electron chi connectivity index (χ1n) is 6.26. The van der Waals surface area contributed by atoms with Crippen LogP contribution in [0.4, 0.5) is 17.6 Å². The Hall–Kier alpha value is -1.54. The minimum Gasteiger partial charge on any atom is -0.320 e. The molecule has 1 heterocycles. The van der Waals surface area contributed by atoms with E-state index in [9.17, 15) is 17.6 Å². The van der Waals surface area contributed by atoms with E-state index in [-0.39, 0.29) is 5.56 Å². The average molecular weight is 319 g/mol. The van der Waals surface area contributed by atoms with E-state index in [4.69, 9.17) is 0 Å². The summed E-state index contributed by atoms with van der Waals surface area (Å²) in [6.07, 6.45) is -3.16. The molecule has 8 heteroatoms. The van der Waals surface area contributed by atoms with Crippen LogP contribution in [0.5, 0.6) is 0 Å². The molecule has 0 amide bonds. The van der Waals surface area contributed by atoms with E-state index < -0.39 is 17.6 Å². The molecule has 0 bridgehead atoms. The highest BCUT2D eigenvalue weighted by Crippen LogP contribution is 2.34. The number of hydrogen-bond acceptors (Lipinski definition) is 4. The third kappa shape index (κ3) is 3.98. The fourth-order valence-electron chi connectivity index (χ4n) is 1.76. The van der Waals surface area contributed by atoms with E-state index in [0.29, 0.717) is 11.4 Å². The fourth-order valence-corrected chi connectivity index (χ4v) is 2.64. The van der Waals surface area contributed by atoms with Crippen molar-refractivity contribution >= 4 is 11.3 Å². The van der Waals surface area contributed by atoms with Gasteiger partial charge in [-0.25, -0.2) is 4.39 Å². The van der Waals surface area contributed by atoms with Crippen LogP contribution in [0, 0.1) is 5.82 Å². The van der Waals surface area contributed by atoms with Gasteiger partial charge >= 0.3 is 6.18 Å². The topological polar surface area (TPSA) is 37.8 Å². The quantitative estimate of drug-likeness (QED) is 0.677. The zero-order valence-corrected chi connectivity index (χ0v) is 12.0. The van der Waals surface area contributed by atoms with Gasteiger partial charge in [0.2, 0.25) is 0 Å². The van der Waals surface area contributed by atoms with Crippen molar-refractivity contribution in [3.05, 3.63) is 34.6 Å². The maximum atomic E-state index is 13.2. The van der Waals surface area contributed by atoms with Crippen LogP contribution in [0.3, 0.4) is 0 Å². The number of hydrogen-bond donors (Lipinski definition) is 1. The summed E-state index contributed by atoms with van der Waals surface area (Å²) in [5.41, 5.74) is -1.06. The standard InChI is InChI=1S/C13H13F4N3S/c1-18-6-2-3-11-19-20-12(21-11)8-4-5-10(14)9(7-8)13(15,16)17/h4-5,7,18H,2-3,6H2,1H3. The molecule has 2 rings (SSSR count). The minimum absolute atomic E-state index is 0.223. The number of aromatic nitrogens is 2.